The number of amides is 1. The lowest BCUT2D eigenvalue weighted by atomic mass is 10.1. The van der Waals surface area contributed by atoms with E-state index in [1.165, 1.54) is 22.9 Å². The van der Waals surface area contributed by atoms with Gasteiger partial charge in [0.15, 0.2) is 0 Å². The molecule has 104 valence electrons. The minimum Gasteiger partial charge on any atom is -0.293 e. The standard InChI is InChI=1S/C16H17NOS2/c1-4-11(2)7-8-17-15(18)14(20-16(17)19)10-13-6-5-12(3)9-13/h4-6,10H,1-2,7-9H2,3H3/b14-10-. The molecule has 1 aliphatic carbocycles. The lowest BCUT2D eigenvalue weighted by molar-refractivity contribution is -0.122. The first kappa shape index (κ1) is 15.0. The zero-order valence-electron chi connectivity index (χ0n) is 11.5. The number of rotatable bonds is 5. The van der Waals surface area contributed by atoms with E-state index in [-0.39, 0.29) is 5.91 Å². The molecule has 0 unspecified atom stereocenters. The second kappa shape index (κ2) is 6.37. The molecule has 0 aromatic rings. The summed E-state index contributed by atoms with van der Waals surface area (Å²) in [6.07, 6.45) is 9.42. The van der Waals surface area contributed by atoms with Crippen LogP contribution < -0.4 is 0 Å². The fourth-order valence-electron chi connectivity index (χ4n) is 2.01. The van der Waals surface area contributed by atoms with Crippen LogP contribution in [-0.2, 0) is 4.79 Å². The molecule has 2 aliphatic rings. The van der Waals surface area contributed by atoms with Gasteiger partial charge in [0.05, 0.1) is 4.91 Å². The topological polar surface area (TPSA) is 20.3 Å². The van der Waals surface area contributed by atoms with Crippen molar-refractivity contribution in [3.63, 3.8) is 0 Å². The van der Waals surface area contributed by atoms with Gasteiger partial charge in [-0.25, -0.2) is 0 Å². The average molecular weight is 303 g/mol. The lowest BCUT2D eigenvalue weighted by Crippen LogP contribution is -2.29. The van der Waals surface area contributed by atoms with E-state index in [9.17, 15) is 4.79 Å². The molecule has 1 heterocycles. The predicted octanol–water partition coefficient (Wildman–Crippen LogP) is 4.14. The zero-order chi connectivity index (χ0) is 14.7. The summed E-state index contributed by atoms with van der Waals surface area (Å²) in [4.78, 5) is 14.7. The van der Waals surface area contributed by atoms with Gasteiger partial charge in [-0.05, 0) is 31.4 Å². The molecule has 0 aromatic heterocycles. The summed E-state index contributed by atoms with van der Waals surface area (Å²) >= 11 is 6.66. The van der Waals surface area contributed by atoms with Crippen LogP contribution in [0.2, 0.25) is 0 Å². The summed E-state index contributed by atoms with van der Waals surface area (Å²) in [7, 11) is 0. The SMILES string of the molecule is C=CC(=C)CCN1C(=O)/C(=C/C2=CC=C(C)C2)SC1=S. The van der Waals surface area contributed by atoms with Gasteiger partial charge in [0.25, 0.3) is 5.91 Å². The zero-order valence-corrected chi connectivity index (χ0v) is 13.1. The molecule has 1 saturated heterocycles. The number of carbonyl (C=O) groups is 1. The molecule has 0 atom stereocenters. The molecular weight excluding hydrogens is 286 g/mol. The first-order valence-electron chi connectivity index (χ1n) is 6.43. The van der Waals surface area contributed by atoms with E-state index in [1.807, 2.05) is 6.08 Å². The van der Waals surface area contributed by atoms with Crippen molar-refractivity contribution in [2.75, 3.05) is 6.54 Å². The predicted molar refractivity (Wildman–Crippen MR) is 90.4 cm³/mol. The molecule has 0 radical (unpaired) electrons. The summed E-state index contributed by atoms with van der Waals surface area (Å²) in [5, 5.41) is 0. The van der Waals surface area contributed by atoms with Crippen LogP contribution in [0, 0.1) is 0 Å². The molecule has 1 amide bonds. The number of allylic oxidation sites excluding steroid dienone is 6. The van der Waals surface area contributed by atoms with Gasteiger partial charge in [0.1, 0.15) is 4.32 Å². The monoisotopic (exact) mass is 303 g/mol. The summed E-state index contributed by atoms with van der Waals surface area (Å²) < 4.78 is 0.626. The first-order valence-corrected chi connectivity index (χ1v) is 7.65. The van der Waals surface area contributed by atoms with Gasteiger partial charge in [-0.1, -0.05) is 66.5 Å². The maximum Gasteiger partial charge on any atom is 0.266 e. The van der Waals surface area contributed by atoms with E-state index >= 15 is 0 Å². The number of carbonyl (C=O) groups excluding carboxylic acids is 1. The van der Waals surface area contributed by atoms with Crippen molar-refractivity contribution in [2.45, 2.75) is 19.8 Å². The Morgan fingerprint density at radius 1 is 1.55 bits per heavy atom. The normalized spacial score (nSPS) is 20.4. The van der Waals surface area contributed by atoms with Crippen molar-refractivity contribution in [2.24, 2.45) is 0 Å². The van der Waals surface area contributed by atoms with Crippen LogP contribution in [0.25, 0.3) is 0 Å². The number of thiocarbonyl (C=S) groups is 1. The van der Waals surface area contributed by atoms with Crippen molar-refractivity contribution < 1.29 is 4.79 Å². The van der Waals surface area contributed by atoms with Crippen LogP contribution in [0.5, 0.6) is 0 Å². The van der Waals surface area contributed by atoms with Gasteiger partial charge >= 0.3 is 0 Å². The molecule has 4 heteroatoms. The highest BCUT2D eigenvalue weighted by atomic mass is 32.2. The molecule has 0 aromatic carbocycles. The van der Waals surface area contributed by atoms with Crippen molar-refractivity contribution in [1.29, 1.82) is 0 Å². The summed E-state index contributed by atoms with van der Waals surface area (Å²) in [6.45, 7) is 10.2. The van der Waals surface area contributed by atoms with Crippen LogP contribution in [0.4, 0.5) is 0 Å². The van der Waals surface area contributed by atoms with Gasteiger partial charge in [-0.3, -0.25) is 9.69 Å². The summed E-state index contributed by atoms with van der Waals surface area (Å²) in [5.41, 5.74) is 3.40. The number of thioether (sulfide) groups is 1. The Morgan fingerprint density at radius 3 is 2.90 bits per heavy atom. The second-order valence-corrected chi connectivity index (χ2v) is 6.55. The fraction of sp³-hybridized carbons (Fsp3) is 0.250. The molecule has 2 rings (SSSR count). The van der Waals surface area contributed by atoms with Gasteiger partial charge in [0, 0.05) is 6.54 Å². The van der Waals surface area contributed by atoms with Gasteiger partial charge in [-0.2, -0.15) is 0 Å². The lowest BCUT2D eigenvalue weighted by Gasteiger charge is -2.14. The van der Waals surface area contributed by atoms with E-state index in [1.54, 1.807) is 11.0 Å². The molecule has 20 heavy (non-hydrogen) atoms. The molecule has 2 nitrogen and oxygen atoms in total. The Hall–Kier alpha value is -1.39. The van der Waals surface area contributed by atoms with Crippen molar-refractivity contribution in [1.82, 2.24) is 4.90 Å². The summed E-state index contributed by atoms with van der Waals surface area (Å²) in [6, 6.07) is 0. The van der Waals surface area contributed by atoms with Crippen molar-refractivity contribution >= 4 is 34.2 Å². The fourth-order valence-corrected chi connectivity index (χ4v) is 3.33. The van der Waals surface area contributed by atoms with Gasteiger partial charge in [-0.15, -0.1) is 0 Å². The third-order valence-electron chi connectivity index (χ3n) is 3.20. The molecule has 0 N–H and O–H groups in total. The van der Waals surface area contributed by atoms with E-state index in [0.29, 0.717) is 22.2 Å². The van der Waals surface area contributed by atoms with E-state index < -0.39 is 0 Å². The largest absolute Gasteiger partial charge is 0.293 e. The van der Waals surface area contributed by atoms with Crippen molar-refractivity contribution in [3.8, 4) is 0 Å². The quantitative estimate of drug-likeness (QED) is 0.432. The highest BCUT2D eigenvalue weighted by molar-refractivity contribution is 8.26. The Kier molecular flexibility index (Phi) is 4.78. The van der Waals surface area contributed by atoms with Crippen LogP contribution >= 0.6 is 24.0 Å². The molecular formula is C16H17NOS2. The van der Waals surface area contributed by atoms with Crippen LogP contribution in [-0.4, -0.2) is 21.7 Å². The third-order valence-corrected chi connectivity index (χ3v) is 4.58. The number of hydrogen-bond acceptors (Lipinski definition) is 3. The number of hydrogen-bond donors (Lipinski definition) is 0. The molecule has 0 bridgehead atoms. The van der Waals surface area contributed by atoms with E-state index in [0.717, 1.165) is 12.0 Å². The minimum atomic E-state index is 0.00214. The smallest absolute Gasteiger partial charge is 0.266 e. The van der Waals surface area contributed by atoms with Crippen LogP contribution in [0.3, 0.4) is 0 Å². The average Bonchev–Trinajstić information content (AvgIpc) is 2.93. The second-order valence-electron chi connectivity index (χ2n) is 4.88. The molecule has 1 aliphatic heterocycles. The van der Waals surface area contributed by atoms with Crippen LogP contribution in [0.15, 0.2) is 59.1 Å². The van der Waals surface area contributed by atoms with Crippen molar-refractivity contribution in [3.05, 3.63) is 59.1 Å². The Morgan fingerprint density at radius 2 is 2.30 bits per heavy atom. The van der Waals surface area contributed by atoms with Crippen LogP contribution in [0.1, 0.15) is 19.8 Å². The Balaban J connectivity index is 2.03. The highest BCUT2D eigenvalue weighted by Crippen LogP contribution is 2.33. The van der Waals surface area contributed by atoms with Gasteiger partial charge < -0.3 is 0 Å². The molecule has 0 spiro atoms. The molecule has 1 fully saturated rings. The molecule has 0 saturated carbocycles. The van der Waals surface area contributed by atoms with E-state index in [4.69, 9.17) is 12.2 Å². The van der Waals surface area contributed by atoms with Gasteiger partial charge in [0.2, 0.25) is 0 Å². The van der Waals surface area contributed by atoms with E-state index in [2.05, 4.69) is 32.2 Å². The minimum absolute atomic E-state index is 0.00214. The Labute approximate surface area is 129 Å². The maximum absolute atomic E-state index is 12.3. The highest BCUT2D eigenvalue weighted by Gasteiger charge is 2.31. The number of nitrogens with zero attached hydrogens (tertiary/aromatic N) is 1. The summed E-state index contributed by atoms with van der Waals surface area (Å²) in [5.74, 6) is 0.00214. The Bertz CT molecular complexity index is 581. The maximum atomic E-state index is 12.3. The first-order chi connectivity index (χ1) is 9.51. The third kappa shape index (κ3) is 3.38.